The third-order valence-electron chi connectivity index (χ3n) is 5.75. The van der Waals surface area contributed by atoms with E-state index < -0.39 is 11.9 Å². The van der Waals surface area contributed by atoms with Crippen LogP contribution in [-0.2, 0) is 4.79 Å². The van der Waals surface area contributed by atoms with Crippen LogP contribution in [0.1, 0.15) is 39.6 Å². The smallest absolute Gasteiger partial charge is 0.312 e. The highest BCUT2D eigenvalue weighted by Crippen LogP contribution is 2.48. The Bertz CT molecular complexity index is 1510. The molecule has 0 saturated carbocycles. The van der Waals surface area contributed by atoms with Crippen LogP contribution in [-0.4, -0.2) is 16.7 Å². The Balaban J connectivity index is 1.53. The van der Waals surface area contributed by atoms with Gasteiger partial charge < -0.3 is 18.9 Å². The predicted molar refractivity (Wildman–Crippen MR) is 115 cm³/mol. The highest BCUT2D eigenvalue weighted by Gasteiger charge is 2.39. The lowest BCUT2D eigenvalue weighted by Crippen LogP contribution is -2.26. The van der Waals surface area contributed by atoms with Crippen LogP contribution >= 0.6 is 0 Å². The molecule has 0 amide bonds. The van der Waals surface area contributed by atoms with E-state index in [9.17, 15) is 14.4 Å². The minimum atomic E-state index is -0.620. The molecule has 0 bridgehead atoms. The first-order valence-electron chi connectivity index (χ1n) is 10.1. The van der Waals surface area contributed by atoms with E-state index in [2.05, 4.69) is 4.98 Å². The molecule has 4 aromatic rings. The number of para-hydroxylation sites is 1. The van der Waals surface area contributed by atoms with E-state index in [1.807, 2.05) is 24.3 Å². The molecule has 7 nitrogen and oxygen atoms in total. The molecule has 1 atom stereocenters. The van der Waals surface area contributed by atoms with Crippen LogP contribution in [0.25, 0.3) is 17.0 Å². The van der Waals surface area contributed by atoms with Gasteiger partial charge in [0.05, 0.1) is 18.2 Å². The number of esters is 1. The molecule has 0 spiro atoms. The van der Waals surface area contributed by atoms with Crippen LogP contribution in [0.15, 0.2) is 75.8 Å². The molecule has 156 valence electrons. The Morgan fingerprint density at radius 1 is 0.969 bits per heavy atom. The van der Waals surface area contributed by atoms with Gasteiger partial charge in [-0.1, -0.05) is 18.2 Å². The maximum atomic E-state index is 13.0. The molecule has 0 aliphatic carbocycles. The van der Waals surface area contributed by atoms with Crippen molar-refractivity contribution >= 4 is 28.7 Å². The van der Waals surface area contributed by atoms with Gasteiger partial charge >= 0.3 is 5.97 Å². The molecule has 32 heavy (non-hydrogen) atoms. The first-order chi connectivity index (χ1) is 15.6. The van der Waals surface area contributed by atoms with Crippen molar-refractivity contribution in [1.82, 2.24) is 4.98 Å². The van der Waals surface area contributed by atoms with Crippen molar-refractivity contribution in [1.29, 1.82) is 0 Å². The van der Waals surface area contributed by atoms with Crippen LogP contribution in [0.4, 0.5) is 0 Å². The minimum Gasteiger partial charge on any atom is -0.465 e. The lowest BCUT2D eigenvalue weighted by molar-refractivity contribution is -0.135. The van der Waals surface area contributed by atoms with Gasteiger partial charge in [0.1, 0.15) is 17.3 Å². The van der Waals surface area contributed by atoms with E-state index in [0.717, 1.165) is 5.39 Å². The maximum absolute atomic E-state index is 13.0. The van der Waals surface area contributed by atoms with Crippen molar-refractivity contribution in [2.45, 2.75) is 12.3 Å². The summed E-state index contributed by atoms with van der Waals surface area (Å²) in [6.07, 6.45) is 2.98. The third-order valence-corrected chi connectivity index (χ3v) is 5.75. The van der Waals surface area contributed by atoms with Gasteiger partial charge in [-0.2, -0.15) is 0 Å². The molecule has 4 heterocycles. The number of aromatic nitrogens is 1. The summed E-state index contributed by atoms with van der Waals surface area (Å²) in [6, 6.07) is 15.7. The molecule has 2 aromatic heterocycles. The number of Topliss-reactive ketones (excluding diaryl/α,β-unsaturated/α-hetero) is 1. The summed E-state index contributed by atoms with van der Waals surface area (Å²) in [7, 11) is 0. The fraction of sp³-hybridized carbons (Fsp3) is 0.0800. The van der Waals surface area contributed by atoms with Crippen LogP contribution in [0.5, 0.6) is 11.5 Å². The van der Waals surface area contributed by atoms with Crippen molar-refractivity contribution in [3.8, 4) is 11.5 Å². The monoisotopic (exact) mass is 425 g/mol. The van der Waals surface area contributed by atoms with Gasteiger partial charge in [-0.15, -0.1) is 0 Å². The number of hydrogen-bond acceptors (Lipinski definition) is 6. The number of aromatic amines is 1. The molecule has 0 fully saturated rings. The topological polar surface area (TPSA) is 98.6 Å². The third kappa shape index (κ3) is 2.79. The fourth-order valence-corrected chi connectivity index (χ4v) is 4.30. The lowest BCUT2D eigenvalue weighted by Gasteiger charge is -2.26. The van der Waals surface area contributed by atoms with E-state index in [4.69, 9.17) is 13.9 Å². The summed E-state index contributed by atoms with van der Waals surface area (Å²) in [5, 5.41) is 0.838. The number of nitrogens with one attached hydrogen (secondary N) is 1. The molecule has 2 aromatic carbocycles. The van der Waals surface area contributed by atoms with E-state index in [1.54, 1.807) is 30.3 Å². The number of H-pyrrole nitrogens is 1. The summed E-state index contributed by atoms with van der Waals surface area (Å²) < 4.78 is 16.7. The summed E-state index contributed by atoms with van der Waals surface area (Å²) in [5.74, 6) is -0.214. The average Bonchev–Trinajstić information content (AvgIpc) is 3.41. The van der Waals surface area contributed by atoms with Gasteiger partial charge in [-0.3, -0.25) is 14.4 Å². The number of fused-ring (bicyclic) bond motifs is 4. The zero-order valence-electron chi connectivity index (χ0n) is 16.6. The highest BCUT2D eigenvalue weighted by atomic mass is 16.5. The summed E-state index contributed by atoms with van der Waals surface area (Å²) >= 11 is 0. The number of carbonyl (C=O) groups is 2. The molecule has 2 aliphatic heterocycles. The molecule has 1 N–H and O–H groups in total. The van der Waals surface area contributed by atoms with Crippen molar-refractivity contribution in [3.05, 3.63) is 99.4 Å². The Morgan fingerprint density at radius 2 is 1.84 bits per heavy atom. The van der Waals surface area contributed by atoms with Crippen molar-refractivity contribution in [2.75, 3.05) is 0 Å². The maximum Gasteiger partial charge on any atom is 0.312 e. The van der Waals surface area contributed by atoms with Gasteiger partial charge in [-0.05, 0) is 41.8 Å². The number of carbonyl (C=O) groups excluding carboxylic acids is 2. The second-order valence-corrected chi connectivity index (χ2v) is 7.68. The molecular weight excluding hydrogens is 410 g/mol. The molecule has 6 rings (SSSR count). The number of benzene rings is 2. The van der Waals surface area contributed by atoms with Gasteiger partial charge in [0.15, 0.2) is 5.76 Å². The van der Waals surface area contributed by atoms with Crippen LogP contribution in [0, 0.1) is 0 Å². The van der Waals surface area contributed by atoms with Crippen LogP contribution in [0.2, 0.25) is 0 Å². The van der Waals surface area contributed by atoms with E-state index in [0.29, 0.717) is 33.7 Å². The zero-order valence-corrected chi connectivity index (χ0v) is 16.6. The van der Waals surface area contributed by atoms with E-state index in [-0.39, 0.29) is 29.3 Å². The number of hydrogen-bond donors (Lipinski definition) is 1. The fourth-order valence-electron chi connectivity index (χ4n) is 4.30. The summed E-state index contributed by atoms with van der Waals surface area (Å²) in [4.78, 5) is 41.1. The number of ketones is 1. The Hall–Kier alpha value is -4.39. The standard InChI is InChI=1S/C25H15NO6/c27-21-12-16(17-10-13-4-1-2-6-18(13)26-25(17)29)22-19(31-21)8-7-15-23(28)20(32-24(15)22)11-14-5-3-9-30-14/h1-11,16H,12H2,(H,26,29)/b20-11-. The van der Waals surface area contributed by atoms with Gasteiger partial charge in [-0.25, -0.2) is 0 Å². The van der Waals surface area contributed by atoms with Gasteiger partial charge in [0, 0.05) is 28.6 Å². The predicted octanol–water partition coefficient (Wildman–Crippen LogP) is 4.18. The molecule has 2 aliphatic rings. The first kappa shape index (κ1) is 18.4. The molecular formula is C25H15NO6. The highest BCUT2D eigenvalue weighted by molar-refractivity contribution is 6.15. The van der Waals surface area contributed by atoms with E-state index >= 15 is 0 Å². The van der Waals surface area contributed by atoms with Crippen LogP contribution in [0.3, 0.4) is 0 Å². The Labute approximate surface area is 180 Å². The first-order valence-corrected chi connectivity index (χ1v) is 10.1. The van der Waals surface area contributed by atoms with Gasteiger partial charge in [0.2, 0.25) is 5.78 Å². The quantitative estimate of drug-likeness (QED) is 0.294. The summed E-state index contributed by atoms with van der Waals surface area (Å²) in [6.45, 7) is 0. The number of furan rings is 1. The molecule has 7 heteroatoms. The van der Waals surface area contributed by atoms with E-state index in [1.165, 1.54) is 12.3 Å². The van der Waals surface area contributed by atoms with Crippen LogP contribution < -0.4 is 15.0 Å². The van der Waals surface area contributed by atoms with Gasteiger partial charge in [0.25, 0.3) is 5.56 Å². The SMILES string of the molecule is O=C1CC(c2cc3ccccc3[nH]c2=O)c2c(ccc3c2O/C(=C\c2ccco2)C3=O)O1. The average molecular weight is 425 g/mol. The second kappa shape index (κ2) is 6.81. The molecule has 0 saturated heterocycles. The summed E-state index contributed by atoms with van der Waals surface area (Å²) in [5.41, 5.74) is 1.67. The minimum absolute atomic E-state index is 0.0420. The number of allylic oxidation sites excluding steroid dienone is 1. The number of ether oxygens (including phenoxy) is 2. The second-order valence-electron chi connectivity index (χ2n) is 7.68. The molecule has 1 unspecified atom stereocenters. The zero-order chi connectivity index (χ0) is 21.8. The number of rotatable bonds is 2. The Morgan fingerprint density at radius 3 is 2.69 bits per heavy atom. The van der Waals surface area contributed by atoms with Crippen molar-refractivity contribution in [3.63, 3.8) is 0 Å². The largest absolute Gasteiger partial charge is 0.465 e. The van der Waals surface area contributed by atoms with Crippen molar-refractivity contribution < 1.29 is 23.5 Å². The van der Waals surface area contributed by atoms with Crippen molar-refractivity contribution in [2.24, 2.45) is 0 Å². The number of pyridine rings is 1. The lowest BCUT2D eigenvalue weighted by atomic mass is 9.85. The Kier molecular flexibility index (Phi) is 3.91. The normalized spacial score (nSPS) is 18.4. The molecule has 0 radical (unpaired) electrons.